The minimum atomic E-state index is -0.131. The molecule has 0 bridgehead atoms. The first-order chi connectivity index (χ1) is 10.1. The van der Waals surface area contributed by atoms with Gasteiger partial charge in [-0.1, -0.05) is 78.1 Å². The lowest BCUT2D eigenvalue weighted by molar-refractivity contribution is -0.0483. The molecule has 0 saturated heterocycles. The number of unbranched alkanes of at least 4 members (excludes halogenated alkanes) is 9. The maximum Gasteiger partial charge on any atom is 0.0801 e. The predicted molar refractivity (Wildman–Crippen MR) is 94.8 cm³/mol. The Morgan fingerprint density at radius 1 is 0.810 bits per heavy atom. The molecule has 128 valence electrons. The third-order valence-corrected chi connectivity index (χ3v) is 4.83. The summed E-state index contributed by atoms with van der Waals surface area (Å²) in [4.78, 5) is 0. The van der Waals surface area contributed by atoms with Crippen LogP contribution in [-0.4, -0.2) is 18.2 Å². The number of hydrogen-bond donors (Lipinski definition) is 1. The molecule has 2 N–H and O–H groups in total. The Morgan fingerprint density at radius 2 is 1.29 bits per heavy atom. The van der Waals surface area contributed by atoms with Crippen molar-refractivity contribution in [1.82, 2.24) is 0 Å². The van der Waals surface area contributed by atoms with Crippen molar-refractivity contribution in [3.05, 3.63) is 0 Å². The molecule has 21 heavy (non-hydrogen) atoms. The van der Waals surface area contributed by atoms with Crippen molar-refractivity contribution in [1.29, 1.82) is 0 Å². The summed E-state index contributed by atoms with van der Waals surface area (Å²) in [5.41, 5.74) is 6.20. The Morgan fingerprint density at radius 3 is 1.71 bits per heavy atom. The lowest BCUT2D eigenvalue weighted by Crippen LogP contribution is -2.47. The molecule has 0 aromatic rings. The van der Waals surface area contributed by atoms with Crippen molar-refractivity contribution in [2.45, 2.75) is 116 Å². The van der Waals surface area contributed by atoms with E-state index < -0.39 is 0 Å². The number of hydrogen-bond acceptors (Lipinski definition) is 2. The molecule has 0 aromatic heterocycles. The molecular formula is C19H41NO. The highest BCUT2D eigenvalue weighted by molar-refractivity contribution is 4.85. The van der Waals surface area contributed by atoms with E-state index in [1.807, 2.05) is 0 Å². The Hall–Kier alpha value is -0.0800. The van der Waals surface area contributed by atoms with Crippen LogP contribution < -0.4 is 5.73 Å². The van der Waals surface area contributed by atoms with Crippen molar-refractivity contribution >= 4 is 0 Å². The SMILES string of the molecule is CCCCCCCCCCCCC(N)C(C)(CC)OCC. The molecule has 2 heteroatoms. The van der Waals surface area contributed by atoms with Crippen molar-refractivity contribution in [2.24, 2.45) is 5.73 Å². The molecule has 0 aliphatic rings. The third-order valence-electron chi connectivity index (χ3n) is 4.83. The van der Waals surface area contributed by atoms with Gasteiger partial charge in [0.15, 0.2) is 0 Å². The van der Waals surface area contributed by atoms with Crippen LogP contribution >= 0.6 is 0 Å². The molecule has 0 saturated carbocycles. The Kier molecular flexibility index (Phi) is 13.5. The first kappa shape index (κ1) is 20.9. The standard InChI is InChI=1S/C19H41NO/c1-5-8-9-10-11-12-13-14-15-16-17-18(20)19(4,6-2)21-7-3/h18H,5-17,20H2,1-4H3. The lowest BCUT2D eigenvalue weighted by atomic mass is 9.89. The van der Waals surface area contributed by atoms with Crippen LogP contribution in [0.1, 0.15) is 105 Å². The summed E-state index contributed by atoms with van der Waals surface area (Å²) in [6, 6.07) is 0.177. The molecule has 0 aromatic carbocycles. The molecule has 0 aliphatic heterocycles. The molecule has 0 aliphatic carbocycles. The summed E-state index contributed by atoms with van der Waals surface area (Å²) >= 11 is 0. The van der Waals surface area contributed by atoms with Gasteiger partial charge in [-0.3, -0.25) is 0 Å². The lowest BCUT2D eigenvalue weighted by Gasteiger charge is -2.34. The van der Waals surface area contributed by atoms with Gasteiger partial charge in [0, 0.05) is 12.6 Å². The number of nitrogens with two attached hydrogens (primary N) is 1. The first-order valence-corrected chi connectivity index (χ1v) is 9.50. The average Bonchev–Trinajstić information content (AvgIpc) is 2.49. The molecule has 2 unspecified atom stereocenters. The molecule has 0 spiro atoms. The van der Waals surface area contributed by atoms with Crippen LogP contribution in [0.2, 0.25) is 0 Å². The highest BCUT2D eigenvalue weighted by Crippen LogP contribution is 2.23. The van der Waals surface area contributed by atoms with Gasteiger partial charge in [-0.15, -0.1) is 0 Å². The molecule has 0 radical (unpaired) electrons. The monoisotopic (exact) mass is 299 g/mol. The second-order valence-corrected chi connectivity index (χ2v) is 6.68. The second-order valence-electron chi connectivity index (χ2n) is 6.68. The van der Waals surface area contributed by atoms with Crippen LogP contribution in [0.15, 0.2) is 0 Å². The van der Waals surface area contributed by atoms with E-state index in [0.29, 0.717) is 0 Å². The van der Waals surface area contributed by atoms with Crippen LogP contribution in [0.25, 0.3) is 0 Å². The molecule has 0 heterocycles. The van der Waals surface area contributed by atoms with E-state index >= 15 is 0 Å². The predicted octanol–water partition coefficient (Wildman–Crippen LogP) is 5.83. The van der Waals surface area contributed by atoms with E-state index in [-0.39, 0.29) is 11.6 Å². The minimum Gasteiger partial charge on any atom is -0.374 e. The fourth-order valence-corrected chi connectivity index (χ4v) is 2.96. The zero-order valence-corrected chi connectivity index (χ0v) is 15.3. The normalized spacial score (nSPS) is 15.9. The van der Waals surface area contributed by atoms with Gasteiger partial charge in [-0.25, -0.2) is 0 Å². The topological polar surface area (TPSA) is 35.2 Å². The Labute approximate surface area is 134 Å². The van der Waals surface area contributed by atoms with Gasteiger partial charge in [-0.05, 0) is 26.7 Å². The van der Waals surface area contributed by atoms with E-state index in [9.17, 15) is 0 Å². The van der Waals surface area contributed by atoms with Gasteiger partial charge in [0.05, 0.1) is 5.60 Å². The van der Waals surface area contributed by atoms with Crippen LogP contribution in [-0.2, 0) is 4.74 Å². The van der Waals surface area contributed by atoms with Crippen molar-refractivity contribution in [3.8, 4) is 0 Å². The van der Waals surface area contributed by atoms with Gasteiger partial charge in [-0.2, -0.15) is 0 Å². The van der Waals surface area contributed by atoms with E-state index in [2.05, 4.69) is 27.7 Å². The average molecular weight is 300 g/mol. The zero-order valence-electron chi connectivity index (χ0n) is 15.3. The summed E-state index contributed by atoms with van der Waals surface area (Å²) < 4.78 is 5.86. The van der Waals surface area contributed by atoms with Gasteiger partial charge < -0.3 is 10.5 Å². The third kappa shape index (κ3) is 10.3. The second kappa shape index (κ2) is 13.6. The van der Waals surface area contributed by atoms with E-state index in [1.54, 1.807) is 0 Å². The van der Waals surface area contributed by atoms with Crippen LogP contribution in [0.3, 0.4) is 0 Å². The number of rotatable bonds is 15. The maximum atomic E-state index is 6.33. The van der Waals surface area contributed by atoms with E-state index in [1.165, 1.54) is 64.2 Å². The fraction of sp³-hybridized carbons (Fsp3) is 1.00. The Bertz CT molecular complexity index is 220. The highest BCUT2D eigenvalue weighted by atomic mass is 16.5. The van der Waals surface area contributed by atoms with Crippen LogP contribution in [0.4, 0.5) is 0 Å². The van der Waals surface area contributed by atoms with Gasteiger partial charge in [0.25, 0.3) is 0 Å². The molecule has 0 fully saturated rings. The highest BCUT2D eigenvalue weighted by Gasteiger charge is 2.29. The van der Waals surface area contributed by atoms with Crippen LogP contribution in [0, 0.1) is 0 Å². The van der Waals surface area contributed by atoms with Crippen molar-refractivity contribution < 1.29 is 4.74 Å². The number of ether oxygens (including phenoxy) is 1. The summed E-state index contributed by atoms with van der Waals surface area (Å²) in [6.45, 7) is 9.43. The van der Waals surface area contributed by atoms with Crippen molar-refractivity contribution in [2.75, 3.05) is 6.61 Å². The quantitative estimate of drug-likeness (QED) is 0.386. The largest absolute Gasteiger partial charge is 0.374 e. The summed E-state index contributed by atoms with van der Waals surface area (Å²) in [6.07, 6.45) is 15.9. The first-order valence-electron chi connectivity index (χ1n) is 9.50. The Balaban J connectivity index is 3.49. The van der Waals surface area contributed by atoms with E-state index in [0.717, 1.165) is 19.4 Å². The molecule has 0 amide bonds. The zero-order chi connectivity index (χ0) is 16.0. The summed E-state index contributed by atoms with van der Waals surface area (Å²) in [7, 11) is 0. The molecular weight excluding hydrogens is 258 g/mol. The maximum absolute atomic E-state index is 6.33. The van der Waals surface area contributed by atoms with Crippen molar-refractivity contribution in [3.63, 3.8) is 0 Å². The molecule has 0 rings (SSSR count). The fourth-order valence-electron chi connectivity index (χ4n) is 2.96. The molecule has 2 atom stereocenters. The van der Waals surface area contributed by atoms with Crippen LogP contribution in [0.5, 0.6) is 0 Å². The van der Waals surface area contributed by atoms with Gasteiger partial charge in [0.2, 0.25) is 0 Å². The van der Waals surface area contributed by atoms with Gasteiger partial charge in [0.1, 0.15) is 0 Å². The summed E-state index contributed by atoms with van der Waals surface area (Å²) in [5, 5.41) is 0. The smallest absolute Gasteiger partial charge is 0.0801 e. The minimum absolute atomic E-state index is 0.131. The van der Waals surface area contributed by atoms with Gasteiger partial charge >= 0.3 is 0 Å². The summed E-state index contributed by atoms with van der Waals surface area (Å²) in [5.74, 6) is 0. The van der Waals surface area contributed by atoms with E-state index in [4.69, 9.17) is 10.5 Å². The molecule has 2 nitrogen and oxygen atoms in total.